The second kappa shape index (κ2) is 5.44. The highest BCUT2D eigenvalue weighted by atomic mass is 79.9. The van der Waals surface area contributed by atoms with Crippen molar-refractivity contribution in [1.29, 1.82) is 0 Å². The molecule has 0 aliphatic heterocycles. The molecule has 1 atom stereocenters. The third-order valence-electron chi connectivity index (χ3n) is 3.68. The number of carbonyl (C=O) groups excluding carboxylic acids is 1. The van der Waals surface area contributed by atoms with Gasteiger partial charge in [0.15, 0.2) is 0 Å². The van der Waals surface area contributed by atoms with Gasteiger partial charge >= 0.3 is 12.0 Å². The van der Waals surface area contributed by atoms with Crippen LogP contribution in [-0.4, -0.2) is 23.7 Å². The number of benzene rings is 1. The van der Waals surface area contributed by atoms with E-state index in [-0.39, 0.29) is 11.6 Å². The summed E-state index contributed by atoms with van der Waals surface area (Å²) in [5, 5.41) is 14.5. The minimum absolute atomic E-state index is 0.117. The van der Waals surface area contributed by atoms with Crippen molar-refractivity contribution in [2.45, 2.75) is 20.3 Å². The van der Waals surface area contributed by atoms with E-state index in [2.05, 4.69) is 40.4 Å². The van der Waals surface area contributed by atoms with Crippen LogP contribution < -0.4 is 10.6 Å². The summed E-state index contributed by atoms with van der Waals surface area (Å²) in [6, 6.07) is 4.36. The number of carboxylic acids is 1. The van der Waals surface area contributed by atoms with Gasteiger partial charge in [-0.1, -0.05) is 13.8 Å². The zero-order valence-electron chi connectivity index (χ0n) is 11.4. The first-order valence-corrected chi connectivity index (χ1v) is 7.16. The van der Waals surface area contributed by atoms with Crippen LogP contribution in [0.25, 0.3) is 0 Å². The van der Waals surface area contributed by atoms with Crippen LogP contribution in [0.15, 0.2) is 22.7 Å². The SMILES string of the molecule is CC1(C)CC1CNC(=O)Nc1ccc(Br)c(C(=O)O)c1. The normalized spacial score (nSPS) is 19.2. The molecule has 3 N–H and O–H groups in total. The van der Waals surface area contributed by atoms with Gasteiger partial charge in [0.25, 0.3) is 0 Å². The fourth-order valence-corrected chi connectivity index (χ4v) is 2.50. The molecule has 1 aromatic rings. The Morgan fingerprint density at radius 2 is 2.10 bits per heavy atom. The van der Waals surface area contributed by atoms with Crippen molar-refractivity contribution in [2.24, 2.45) is 11.3 Å². The van der Waals surface area contributed by atoms with E-state index < -0.39 is 5.97 Å². The van der Waals surface area contributed by atoms with Crippen LogP contribution in [-0.2, 0) is 0 Å². The zero-order chi connectivity index (χ0) is 14.9. The molecular formula is C14H17BrN2O3. The van der Waals surface area contributed by atoms with Crippen molar-refractivity contribution < 1.29 is 14.7 Å². The van der Waals surface area contributed by atoms with E-state index in [0.29, 0.717) is 28.0 Å². The van der Waals surface area contributed by atoms with Crippen molar-refractivity contribution in [3.05, 3.63) is 28.2 Å². The number of hydrogen-bond acceptors (Lipinski definition) is 2. The van der Waals surface area contributed by atoms with Gasteiger partial charge in [-0.25, -0.2) is 9.59 Å². The predicted molar refractivity (Wildman–Crippen MR) is 80.0 cm³/mol. The predicted octanol–water partition coefficient (Wildman–Crippen LogP) is 3.31. The number of aromatic carboxylic acids is 1. The Morgan fingerprint density at radius 3 is 2.65 bits per heavy atom. The Morgan fingerprint density at radius 1 is 1.45 bits per heavy atom. The minimum atomic E-state index is -1.04. The average molecular weight is 341 g/mol. The molecule has 0 bridgehead atoms. The molecule has 1 aliphatic rings. The molecule has 1 fully saturated rings. The molecule has 2 amide bonds. The third-order valence-corrected chi connectivity index (χ3v) is 4.37. The molecule has 108 valence electrons. The van der Waals surface area contributed by atoms with Crippen LogP contribution in [0.4, 0.5) is 10.5 Å². The van der Waals surface area contributed by atoms with E-state index >= 15 is 0 Å². The molecule has 20 heavy (non-hydrogen) atoms. The molecule has 0 aromatic heterocycles. The number of hydrogen-bond donors (Lipinski definition) is 3. The van der Waals surface area contributed by atoms with Crippen molar-refractivity contribution in [3.8, 4) is 0 Å². The largest absolute Gasteiger partial charge is 0.478 e. The van der Waals surface area contributed by atoms with Crippen molar-refractivity contribution in [1.82, 2.24) is 5.32 Å². The number of urea groups is 1. The van der Waals surface area contributed by atoms with Crippen molar-refractivity contribution >= 4 is 33.6 Å². The second-order valence-corrected chi connectivity index (χ2v) is 6.58. The number of anilines is 1. The maximum Gasteiger partial charge on any atom is 0.336 e. The van der Waals surface area contributed by atoms with Crippen LogP contribution in [0.5, 0.6) is 0 Å². The van der Waals surface area contributed by atoms with Crippen LogP contribution in [0.1, 0.15) is 30.6 Å². The van der Waals surface area contributed by atoms with Crippen molar-refractivity contribution in [3.63, 3.8) is 0 Å². The molecular weight excluding hydrogens is 324 g/mol. The molecule has 1 unspecified atom stereocenters. The summed E-state index contributed by atoms with van der Waals surface area (Å²) < 4.78 is 0.482. The maximum atomic E-state index is 11.7. The van der Waals surface area contributed by atoms with E-state index in [9.17, 15) is 9.59 Å². The Hall–Kier alpha value is -1.56. The number of carbonyl (C=O) groups is 2. The van der Waals surface area contributed by atoms with Gasteiger partial charge in [0.1, 0.15) is 0 Å². The van der Waals surface area contributed by atoms with Crippen LogP contribution in [0.3, 0.4) is 0 Å². The van der Waals surface area contributed by atoms with Gasteiger partial charge in [-0.2, -0.15) is 0 Å². The van der Waals surface area contributed by atoms with E-state index in [0.717, 1.165) is 6.42 Å². The molecule has 0 saturated heterocycles. The Labute approximate surface area is 125 Å². The lowest BCUT2D eigenvalue weighted by Gasteiger charge is -2.09. The number of rotatable bonds is 4. The highest BCUT2D eigenvalue weighted by molar-refractivity contribution is 9.10. The van der Waals surface area contributed by atoms with Gasteiger partial charge in [-0.05, 0) is 51.9 Å². The highest BCUT2D eigenvalue weighted by Gasteiger charge is 2.45. The first kappa shape index (κ1) is 14.8. The molecule has 5 nitrogen and oxygen atoms in total. The molecule has 1 aliphatic carbocycles. The van der Waals surface area contributed by atoms with E-state index in [1.54, 1.807) is 12.1 Å². The standard InChI is InChI=1S/C14H17BrN2O3/c1-14(2)6-8(14)7-16-13(20)17-9-3-4-11(15)10(5-9)12(18)19/h3-5,8H,6-7H2,1-2H3,(H,18,19)(H2,16,17,20). The third kappa shape index (κ3) is 3.50. The molecule has 0 heterocycles. The highest BCUT2D eigenvalue weighted by Crippen LogP contribution is 2.50. The van der Waals surface area contributed by atoms with Crippen LogP contribution in [0.2, 0.25) is 0 Å². The Balaban J connectivity index is 1.91. The molecule has 2 rings (SSSR count). The van der Waals surface area contributed by atoms with Gasteiger partial charge in [0, 0.05) is 16.7 Å². The summed E-state index contributed by atoms with van der Waals surface area (Å²) >= 11 is 3.16. The topological polar surface area (TPSA) is 78.4 Å². The van der Waals surface area contributed by atoms with Crippen LogP contribution in [0, 0.1) is 11.3 Å². The lowest BCUT2D eigenvalue weighted by molar-refractivity contribution is 0.0696. The number of amides is 2. The molecule has 0 radical (unpaired) electrons. The summed E-state index contributed by atoms with van der Waals surface area (Å²) in [5.41, 5.74) is 0.894. The summed E-state index contributed by atoms with van der Waals surface area (Å²) in [6.45, 7) is 4.98. The number of nitrogens with one attached hydrogen (secondary N) is 2. The molecule has 6 heteroatoms. The summed E-state index contributed by atoms with van der Waals surface area (Å²) in [5.74, 6) is -0.520. The first-order valence-electron chi connectivity index (χ1n) is 6.37. The van der Waals surface area contributed by atoms with Crippen molar-refractivity contribution in [2.75, 3.05) is 11.9 Å². The number of carboxylic acid groups (broad SMARTS) is 1. The quantitative estimate of drug-likeness (QED) is 0.786. The zero-order valence-corrected chi connectivity index (χ0v) is 13.0. The smallest absolute Gasteiger partial charge is 0.336 e. The van der Waals surface area contributed by atoms with E-state index in [1.807, 2.05) is 0 Å². The Kier molecular flexibility index (Phi) is 4.04. The average Bonchev–Trinajstić information content (AvgIpc) is 2.97. The summed E-state index contributed by atoms with van der Waals surface area (Å²) in [6.07, 6.45) is 1.12. The second-order valence-electron chi connectivity index (χ2n) is 5.72. The van der Waals surface area contributed by atoms with Crippen LogP contribution >= 0.6 is 15.9 Å². The molecule has 1 aromatic carbocycles. The minimum Gasteiger partial charge on any atom is -0.478 e. The molecule has 0 spiro atoms. The summed E-state index contributed by atoms with van der Waals surface area (Å²) in [7, 11) is 0. The lowest BCUT2D eigenvalue weighted by Crippen LogP contribution is -2.31. The van der Waals surface area contributed by atoms with Gasteiger partial charge in [0.05, 0.1) is 5.56 Å². The molecule has 1 saturated carbocycles. The lowest BCUT2D eigenvalue weighted by atomic mass is 10.1. The van der Waals surface area contributed by atoms with E-state index in [1.165, 1.54) is 6.07 Å². The number of halogens is 1. The van der Waals surface area contributed by atoms with Gasteiger partial charge in [-0.3, -0.25) is 0 Å². The van der Waals surface area contributed by atoms with Gasteiger partial charge < -0.3 is 15.7 Å². The van der Waals surface area contributed by atoms with E-state index in [4.69, 9.17) is 5.11 Å². The maximum absolute atomic E-state index is 11.7. The summed E-state index contributed by atoms with van der Waals surface area (Å²) in [4.78, 5) is 22.7. The fourth-order valence-electron chi connectivity index (χ4n) is 2.08. The monoisotopic (exact) mass is 340 g/mol. The first-order chi connectivity index (χ1) is 9.29. The van der Waals surface area contributed by atoms with Gasteiger partial charge in [0.2, 0.25) is 0 Å². The fraction of sp³-hybridized carbons (Fsp3) is 0.429. The Bertz CT molecular complexity index is 557. The van der Waals surface area contributed by atoms with Gasteiger partial charge in [-0.15, -0.1) is 0 Å².